The molecule has 0 bridgehead atoms. The fourth-order valence-corrected chi connectivity index (χ4v) is 2.45. The standard InChI is InChI=1S/C18H21ClFN3O.HI/c1-21-18(22-11-14-5-3-4-6-16(14)19)23-12-17(24-2)13-7-9-15(20)10-8-13;/h3-10,17H,11-12H2,1-2H3,(H2,21,22,23);1H. The Morgan fingerprint density at radius 3 is 2.44 bits per heavy atom. The van der Waals surface area contributed by atoms with Crippen LogP contribution in [0.4, 0.5) is 4.39 Å². The van der Waals surface area contributed by atoms with Gasteiger partial charge in [0.1, 0.15) is 5.82 Å². The van der Waals surface area contributed by atoms with Gasteiger partial charge < -0.3 is 15.4 Å². The summed E-state index contributed by atoms with van der Waals surface area (Å²) in [6, 6.07) is 13.9. The third-order valence-electron chi connectivity index (χ3n) is 3.61. The highest BCUT2D eigenvalue weighted by Crippen LogP contribution is 2.16. The SMILES string of the molecule is CN=C(NCc1ccccc1Cl)NCC(OC)c1ccc(F)cc1.I. The minimum absolute atomic E-state index is 0. The first kappa shape index (κ1) is 21.7. The second-order valence-electron chi connectivity index (χ2n) is 5.17. The van der Waals surface area contributed by atoms with E-state index in [1.54, 1.807) is 26.3 Å². The number of nitrogens with zero attached hydrogens (tertiary/aromatic N) is 1. The van der Waals surface area contributed by atoms with Gasteiger partial charge in [-0.3, -0.25) is 4.99 Å². The zero-order valence-corrected chi connectivity index (χ0v) is 17.2. The van der Waals surface area contributed by atoms with E-state index >= 15 is 0 Å². The first-order valence-electron chi connectivity index (χ1n) is 7.60. The van der Waals surface area contributed by atoms with Gasteiger partial charge in [0.2, 0.25) is 0 Å². The van der Waals surface area contributed by atoms with Crippen molar-refractivity contribution in [2.24, 2.45) is 4.99 Å². The summed E-state index contributed by atoms with van der Waals surface area (Å²) in [4.78, 5) is 4.18. The molecular formula is C18H22ClFIN3O. The maximum Gasteiger partial charge on any atom is 0.191 e. The molecular weight excluding hydrogens is 456 g/mol. The number of halogens is 3. The van der Waals surface area contributed by atoms with Crippen LogP contribution in [-0.2, 0) is 11.3 Å². The Bertz CT molecular complexity index is 682. The van der Waals surface area contributed by atoms with E-state index in [-0.39, 0.29) is 35.9 Å². The third kappa shape index (κ3) is 6.80. The Hall–Kier alpha value is -1.38. The number of methoxy groups -OCH3 is 1. The maximum atomic E-state index is 13.0. The van der Waals surface area contributed by atoms with E-state index in [9.17, 15) is 4.39 Å². The molecule has 2 N–H and O–H groups in total. The van der Waals surface area contributed by atoms with Crippen molar-refractivity contribution in [2.75, 3.05) is 20.7 Å². The van der Waals surface area contributed by atoms with Crippen molar-refractivity contribution in [3.63, 3.8) is 0 Å². The Morgan fingerprint density at radius 2 is 1.84 bits per heavy atom. The third-order valence-corrected chi connectivity index (χ3v) is 3.98. The number of rotatable bonds is 6. The van der Waals surface area contributed by atoms with E-state index in [4.69, 9.17) is 16.3 Å². The molecule has 0 amide bonds. The van der Waals surface area contributed by atoms with Crippen LogP contribution in [0, 0.1) is 5.82 Å². The van der Waals surface area contributed by atoms with Gasteiger partial charge in [-0.05, 0) is 29.3 Å². The van der Waals surface area contributed by atoms with Gasteiger partial charge >= 0.3 is 0 Å². The highest BCUT2D eigenvalue weighted by molar-refractivity contribution is 14.0. The molecule has 0 aliphatic heterocycles. The second-order valence-corrected chi connectivity index (χ2v) is 5.58. The summed E-state index contributed by atoms with van der Waals surface area (Å²) in [6.45, 7) is 1.07. The van der Waals surface area contributed by atoms with Crippen LogP contribution in [0.1, 0.15) is 17.2 Å². The minimum Gasteiger partial charge on any atom is -0.375 e. The van der Waals surface area contributed by atoms with Crippen LogP contribution in [0.25, 0.3) is 0 Å². The molecule has 2 aromatic carbocycles. The molecule has 0 spiro atoms. The number of aliphatic imine (C=N–C) groups is 1. The minimum atomic E-state index is -0.265. The van der Waals surface area contributed by atoms with Crippen molar-refractivity contribution in [3.8, 4) is 0 Å². The van der Waals surface area contributed by atoms with E-state index in [1.807, 2.05) is 24.3 Å². The summed E-state index contributed by atoms with van der Waals surface area (Å²) in [5.41, 5.74) is 1.89. The number of guanidine groups is 1. The molecule has 2 rings (SSSR count). The van der Waals surface area contributed by atoms with Crippen LogP contribution < -0.4 is 10.6 Å². The van der Waals surface area contributed by atoms with Crippen LogP contribution in [0.5, 0.6) is 0 Å². The molecule has 0 radical (unpaired) electrons. The molecule has 0 saturated heterocycles. The topological polar surface area (TPSA) is 45.7 Å². The Labute approximate surface area is 169 Å². The lowest BCUT2D eigenvalue weighted by atomic mass is 10.1. The number of hydrogen-bond acceptors (Lipinski definition) is 2. The predicted octanol–water partition coefficient (Wildman–Crippen LogP) is 4.15. The van der Waals surface area contributed by atoms with E-state index in [0.29, 0.717) is 24.1 Å². The zero-order chi connectivity index (χ0) is 17.4. The molecule has 7 heteroatoms. The van der Waals surface area contributed by atoms with Crippen LogP contribution in [0.15, 0.2) is 53.5 Å². The molecule has 25 heavy (non-hydrogen) atoms. The van der Waals surface area contributed by atoms with Crippen LogP contribution >= 0.6 is 35.6 Å². The Morgan fingerprint density at radius 1 is 1.16 bits per heavy atom. The molecule has 4 nitrogen and oxygen atoms in total. The summed E-state index contributed by atoms with van der Waals surface area (Å²) in [7, 11) is 3.32. The van der Waals surface area contributed by atoms with Gasteiger partial charge in [-0.1, -0.05) is 41.9 Å². The lowest BCUT2D eigenvalue weighted by molar-refractivity contribution is 0.106. The van der Waals surface area contributed by atoms with Gasteiger partial charge in [0.05, 0.1) is 6.10 Å². The molecule has 0 fully saturated rings. The van der Waals surface area contributed by atoms with E-state index in [0.717, 1.165) is 11.1 Å². The fraction of sp³-hybridized carbons (Fsp3) is 0.278. The van der Waals surface area contributed by atoms with Crippen molar-refractivity contribution < 1.29 is 9.13 Å². The van der Waals surface area contributed by atoms with Gasteiger partial charge in [0.15, 0.2) is 5.96 Å². The summed E-state index contributed by atoms with van der Waals surface area (Å²) in [6.07, 6.45) is -0.204. The van der Waals surface area contributed by atoms with Crippen molar-refractivity contribution in [1.82, 2.24) is 10.6 Å². The van der Waals surface area contributed by atoms with Crippen molar-refractivity contribution in [1.29, 1.82) is 0 Å². The zero-order valence-electron chi connectivity index (χ0n) is 14.1. The average molecular weight is 478 g/mol. The highest BCUT2D eigenvalue weighted by atomic mass is 127. The highest BCUT2D eigenvalue weighted by Gasteiger charge is 2.11. The monoisotopic (exact) mass is 477 g/mol. The Kier molecular flexibility index (Phi) is 9.77. The van der Waals surface area contributed by atoms with Crippen LogP contribution in [0.3, 0.4) is 0 Å². The van der Waals surface area contributed by atoms with Crippen molar-refractivity contribution in [2.45, 2.75) is 12.6 Å². The summed E-state index contributed by atoms with van der Waals surface area (Å²) < 4.78 is 18.5. The molecule has 0 aliphatic carbocycles. The molecule has 1 unspecified atom stereocenters. The average Bonchev–Trinajstić information content (AvgIpc) is 2.60. The van der Waals surface area contributed by atoms with Crippen molar-refractivity contribution in [3.05, 3.63) is 70.5 Å². The molecule has 0 saturated carbocycles. The van der Waals surface area contributed by atoms with E-state index < -0.39 is 0 Å². The molecule has 0 aliphatic rings. The molecule has 1 atom stereocenters. The van der Waals surface area contributed by atoms with Crippen molar-refractivity contribution >= 4 is 41.5 Å². The normalized spacial score (nSPS) is 12.2. The molecule has 136 valence electrons. The first-order chi connectivity index (χ1) is 11.6. The summed E-state index contributed by atoms with van der Waals surface area (Å²) in [5, 5.41) is 7.12. The second kappa shape index (κ2) is 11.3. The largest absolute Gasteiger partial charge is 0.375 e. The lowest BCUT2D eigenvalue weighted by Crippen LogP contribution is -2.39. The van der Waals surface area contributed by atoms with Gasteiger partial charge in [-0.25, -0.2) is 4.39 Å². The quantitative estimate of drug-likeness (QED) is 0.373. The predicted molar refractivity (Wildman–Crippen MR) is 111 cm³/mol. The van der Waals surface area contributed by atoms with Crippen LogP contribution in [-0.4, -0.2) is 26.7 Å². The van der Waals surface area contributed by atoms with Gasteiger partial charge in [-0.15, -0.1) is 24.0 Å². The maximum absolute atomic E-state index is 13.0. The van der Waals surface area contributed by atoms with Gasteiger partial charge in [-0.2, -0.15) is 0 Å². The van der Waals surface area contributed by atoms with Gasteiger partial charge in [0.25, 0.3) is 0 Å². The van der Waals surface area contributed by atoms with Gasteiger partial charge in [0, 0.05) is 32.3 Å². The number of nitrogens with one attached hydrogen (secondary N) is 2. The molecule has 2 aromatic rings. The molecule has 0 heterocycles. The number of benzene rings is 2. The van der Waals surface area contributed by atoms with E-state index in [2.05, 4.69) is 15.6 Å². The molecule has 0 aromatic heterocycles. The summed E-state index contributed by atoms with van der Waals surface area (Å²) >= 11 is 6.14. The van der Waals surface area contributed by atoms with Crippen LogP contribution in [0.2, 0.25) is 5.02 Å². The van der Waals surface area contributed by atoms with E-state index in [1.165, 1.54) is 12.1 Å². The fourth-order valence-electron chi connectivity index (χ4n) is 2.25. The smallest absolute Gasteiger partial charge is 0.191 e. The Balaban J connectivity index is 0.00000312. The first-order valence-corrected chi connectivity index (χ1v) is 7.98. The number of hydrogen-bond donors (Lipinski definition) is 2. The lowest BCUT2D eigenvalue weighted by Gasteiger charge is -2.19. The summed E-state index contributed by atoms with van der Waals surface area (Å²) in [5.74, 6) is 0.373. The number of ether oxygens (including phenoxy) is 1.